The Morgan fingerprint density at radius 1 is 1.25 bits per heavy atom. The average Bonchev–Trinajstić information content (AvgIpc) is 2.74. The number of hydrogen-bond donors (Lipinski definition) is 2. The summed E-state index contributed by atoms with van der Waals surface area (Å²) in [6.45, 7) is 1.53. The van der Waals surface area contributed by atoms with Gasteiger partial charge in [-0.05, 0) is 19.1 Å². The summed E-state index contributed by atoms with van der Waals surface area (Å²) < 4.78 is 1.55. The van der Waals surface area contributed by atoms with Crippen LogP contribution in [0, 0.1) is 0 Å². The Hall–Kier alpha value is -2.37. The maximum Gasteiger partial charge on any atom is 0.202 e. The predicted octanol–water partition coefficient (Wildman–Crippen LogP) is 1.52. The van der Waals surface area contributed by atoms with E-state index in [1.54, 1.807) is 4.57 Å². The first-order chi connectivity index (χ1) is 7.77. The Bertz CT molecular complexity index is 571. The second-order valence-corrected chi connectivity index (χ2v) is 3.21. The van der Waals surface area contributed by atoms with Crippen molar-refractivity contribution in [3.8, 4) is 0 Å². The second-order valence-electron chi connectivity index (χ2n) is 3.21. The van der Waals surface area contributed by atoms with Gasteiger partial charge in [0.15, 0.2) is 0 Å². The van der Waals surface area contributed by atoms with Gasteiger partial charge in [-0.25, -0.2) is 4.98 Å². The molecule has 0 amide bonds. The summed E-state index contributed by atoms with van der Waals surface area (Å²) in [5, 5.41) is 23.7. The van der Waals surface area contributed by atoms with E-state index in [0.717, 1.165) is 11.0 Å². The topological polar surface area (TPSA) is 83.0 Å². The van der Waals surface area contributed by atoms with Gasteiger partial charge in [0.2, 0.25) is 5.84 Å². The molecule has 6 nitrogen and oxygen atoms in total. The molecular formula is C10H10N4O2. The smallest absolute Gasteiger partial charge is 0.202 e. The SMILES string of the molecule is CC(=N\O)/C(=N\O)n1cnc2ccccc21. The minimum absolute atomic E-state index is 0.135. The van der Waals surface area contributed by atoms with Crippen LogP contribution in [-0.4, -0.2) is 31.5 Å². The minimum Gasteiger partial charge on any atom is -0.411 e. The van der Waals surface area contributed by atoms with Gasteiger partial charge in [0, 0.05) is 0 Å². The molecule has 82 valence electrons. The van der Waals surface area contributed by atoms with Gasteiger partial charge < -0.3 is 10.4 Å². The summed E-state index contributed by atoms with van der Waals surface area (Å²) in [7, 11) is 0. The van der Waals surface area contributed by atoms with Crippen molar-refractivity contribution in [2.24, 2.45) is 10.3 Å². The first kappa shape index (κ1) is 10.2. The van der Waals surface area contributed by atoms with E-state index in [9.17, 15) is 0 Å². The molecular weight excluding hydrogens is 208 g/mol. The zero-order valence-corrected chi connectivity index (χ0v) is 8.57. The maximum absolute atomic E-state index is 8.91. The third-order valence-electron chi connectivity index (χ3n) is 2.25. The highest BCUT2D eigenvalue weighted by Crippen LogP contribution is 2.12. The number of fused-ring (bicyclic) bond motifs is 1. The zero-order chi connectivity index (χ0) is 11.5. The van der Waals surface area contributed by atoms with E-state index >= 15 is 0 Å². The molecule has 0 saturated heterocycles. The monoisotopic (exact) mass is 218 g/mol. The molecule has 0 fully saturated rings. The molecule has 2 rings (SSSR count). The van der Waals surface area contributed by atoms with Gasteiger partial charge in [0.25, 0.3) is 0 Å². The molecule has 0 saturated carbocycles. The molecule has 0 unspecified atom stereocenters. The normalized spacial score (nSPS) is 13.3. The Morgan fingerprint density at radius 2 is 2.00 bits per heavy atom. The van der Waals surface area contributed by atoms with E-state index in [4.69, 9.17) is 10.4 Å². The van der Waals surface area contributed by atoms with Crippen LogP contribution >= 0.6 is 0 Å². The fourth-order valence-corrected chi connectivity index (χ4v) is 1.47. The number of imidazole rings is 1. The first-order valence-corrected chi connectivity index (χ1v) is 4.61. The number of aromatic nitrogens is 2. The molecule has 0 spiro atoms. The van der Waals surface area contributed by atoms with Crippen LogP contribution in [0.25, 0.3) is 11.0 Å². The highest BCUT2D eigenvalue weighted by Gasteiger charge is 2.11. The van der Waals surface area contributed by atoms with Crippen molar-refractivity contribution in [3.63, 3.8) is 0 Å². The van der Waals surface area contributed by atoms with E-state index in [-0.39, 0.29) is 11.5 Å². The average molecular weight is 218 g/mol. The fraction of sp³-hybridized carbons (Fsp3) is 0.100. The van der Waals surface area contributed by atoms with Crippen molar-refractivity contribution in [2.75, 3.05) is 0 Å². The number of nitrogens with zero attached hydrogens (tertiary/aromatic N) is 4. The Morgan fingerprint density at radius 3 is 2.69 bits per heavy atom. The van der Waals surface area contributed by atoms with Crippen molar-refractivity contribution in [1.29, 1.82) is 0 Å². The molecule has 2 aromatic rings. The molecule has 0 atom stereocenters. The van der Waals surface area contributed by atoms with E-state index in [0.29, 0.717) is 0 Å². The Labute approximate surface area is 91.1 Å². The molecule has 1 aromatic heterocycles. The lowest BCUT2D eigenvalue weighted by Gasteiger charge is -2.04. The van der Waals surface area contributed by atoms with Crippen LogP contribution in [0.3, 0.4) is 0 Å². The molecule has 16 heavy (non-hydrogen) atoms. The lowest BCUT2D eigenvalue weighted by Crippen LogP contribution is -2.19. The first-order valence-electron chi connectivity index (χ1n) is 4.61. The molecule has 1 heterocycles. The number of hydrogen-bond acceptors (Lipinski definition) is 5. The third-order valence-corrected chi connectivity index (χ3v) is 2.25. The summed E-state index contributed by atoms with van der Waals surface area (Å²) in [5.41, 5.74) is 1.75. The molecule has 0 radical (unpaired) electrons. The molecule has 1 aromatic carbocycles. The number of rotatable bonds is 1. The summed E-state index contributed by atoms with van der Waals surface area (Å²) in [4.78, 5) is 4.14. The van der Waals surface area contributed by atoms with Gasteiger partial charge in [-0.3, -0.25) is 4.57 Å². The summed E-state index contributed by atoms with van der Waals surface area (Å²) in [5.74, 6) is 0.135. The van der Waals surface area contributed by atoms with Crippen molar-refractivity contribution < 1.29 is 10.4 Å². The minimum atomic E-state index is 0.135. The van der Waals surface area contributed by atoms with Crippen molar-refractivity contribution in [3.05, 3.63) is 30.6 Å². The van der Waals surface area contributed by atoms with Crippen LogP contribution in [0.15, 0.2) is 40.9 Å². The van der Waals surface area contributed by atoms with E-state index < -0.39 is 0 Å². The van der Waals surface area contributed by atoms with Gasteiger partial charge >= 0.3 is 0 Å². The molecule has 0 aliphatic rings. The maximum atomic E-state index is 8.91. The van der Waals surface area contributed by atoms with E-state index in [1.807, 2.05) is 24.3 Å². The lowest BCUT2D eigenvalue weighted by atomic mass is 10.3. The van der Waals surface area contributed by atoms with Crippen LogP contribution in [-0.2, 0) is 0 Å². The van der Waals surface area contributed by atoms with Crippen molar-refractivity contribution >= 4 is 22.6 Å². The number of para-hydroxylation sites is 2. The van der Waals surface area contributed by atoms with Crippen molar-refractivity contribution in [2.45, 2.75) is 6.92 Å². The van der Waals surface area contributed by atoms with Crippen LogP contribution < -0.4 is 0 Å². The zero-order valence-electron chi connectivity index (χ0n) is 8.57. The molecule has 0 bridgehead atoms. The molecule has 0 aliphatic carbocycles. The van der Waals surface area contributed by atoms with Crippen LogP contribution in [0.4, 0.5) is 0 Å². The van der Waals surface area contributed by atoms with Crippen LogP contribution in [0.2, 0.25) is 0 Å². The highest BCUT2D eigenvalue weighted by molar-refractivity contribution is 6.41. The second kappa shape index (κ2) is 4.01. The third kappa shape index (κ3) is 1.50. The quantitative estimate of drug-likeness (QED) is 0.329. The molecule has 6 heteroatoms. The highest BCUT2D eigenvalue weighted by atomic mass is 16.4. The van der Waals surface area contributed by atoms with Crippen molar-refractivity contribution in [1.82, 2.24) is 9.55 Å². The summed E-state index contributed by atoms with van der Waals surface area (Å²) in [6, 6.07) is 7.38. The number of benzene rings is 1. The fourth-order valence-electron chi connectivity index (χ4n) is 1.47. The van der Waals surface area contributed by atoms with E-state index in [1.165, 1.54) is 13.3 Å². The van der Waals surface area contributed by atoms with Gasteiger partial charge in [-0.2, -0.15) is 0 Å². The van der Waals surface area contributed by atoms with Gasteiger partial charge in [0.05, 0.1) is 11.0 Å². The van der Waals surface area contributed by atoms with Crippen LogP contribution in [0.5, 0.6) is 0 Å². The Balaban J connectivity index is 2.63. The largest absolute Gasteiger partial charge is 0.411 e. The van der Waals surface area contributed by atoms with Gasteiger partial charge in [0.1, 0.15) is 12.0 Å². The molecule has 0 aliphatic heterocycles. The van der Waals surface area contributed by atoms with E-state index in [2.05, 4.69) is 15.3 Å². The lowest BCUT2D eigenvalue weighted by molar-refractivity contribution is 0.312. The van der Waals surface area contributed by atoms with Gasteiger partial charge in [-0.1, -0.05) is 22.4 Å². The predicted molar refractivity (Wildman–Crippen MR) is 59.2 cm³/mol. The standard InChI is InChI=1S/C10H10N4O2/c1-7(12-15)10(13-16)14-6-11-8-4-2-3-5-9(8)14/h2-6,15-16H,1H3/b12-7+,13-10+. The summed E-state index contributed by atoms with van der Waals surface area (Å²) >= 11 is 0. The molecule has 2 N–H and O–H groups in total. The number of oxime groups is 2. The summed E-state index contributed by atoms with van der Waals surface area (Å²) in [6.07, 6.45) is 1.51. The Kier molecular flexibility index (Phi) is 2.55. The van der Waals surface area contributed by atoms with Crippen LogP contribution in [0.1, 0.15) is 6.92 Å². The van der Waals surface area contributed by atoms with Gasteiger partial charge in [-0.15, -0.1) is 0 Å².